The predicted molar refractivity (Wildman–Crippen MR) is 60.7 cm³/mol. The van der Waals surface area contributed by atoms with Gasteiger partial charge < -0.3 is 22.1 Å². The van der Waals surface area contributed by atoms with Crippen LogP contribution in [0.3, 0.4) is 0 Å². The highest BCUT2D eigenvalue weighted by Crippen LogP contribution is 2.11. The van der Waals surface area contributed by atoms with Gasteiger partial charge in [-0.1, -0.05) is 0 Å². The Hall–Kier alpha value is -2.31. The standard InChI is InChI=1S/C10H13FN4O2/c11-8-2-1-6(12)5-7(8)9(16)14-3-4-15-10(13)17/h1-2,5H,3-4,12H2,(H,14,16)(H3,13,15,17). The number of rotatable bonds is 4. The summed E-state index contributed by atoms with van der Waals surface area (Å²) in [7, 11) is 0. The van der Waals surface area contributed by atoms with E-state index in [4.69, 9.17) is 11.5 Å². The first kappa shape index (κ1) is 12.8. The maximum atomic E-state index is 13.3. The van der Waals surface area contributed by atoms with Gasteiger partial charge in [-0.25, -0.2) is 9.18 Å². The van der Waals surface area contributed by atoms with Gasteiger partial charge >= 0.3 is 6.03 Å². The fraction of sp³-hybridized carbons (Fsp3) is 0.200. The molecular weight excluding hydrogens is 227 g/mol. The number of nitrogens with one attached hydrogen (secondary N) is 2. The minimum atomic E-state index is -0.686. The van der Waals surface area contributed by atoms with Gasteiger partial charge in [0.2, 0.25) is 0 Å². The lowest BCUT2D eigenvalue weighted by Crippen LogP contribution is -2.37. The summed E-state index contributed by atoms with van der Waals surface area (Å²) in [4.78, 5) is 21.8. The number of amides is 3. The number of carbonyl (C=O) groups excluding carboxylic acids is 2. The summed E-state index contributed by atoms with van der Waals surface area (Å²) in [6.45, 7) is 0.320. The molecule has 0 atom stereocenters. The Labute approximate surface area is 97.2 Å². The minimum absolute atomic E-state index is 0.135. The van der Waals surface area contributed by atoms with Crippen molar-refractivity contribution < 1.29 is 14.0 Å². The number of hydrogen-bond donors (Lipinski definition) is 4. The van der Waals surface area contributed by atoms with Gasteiger partial charge in [0.1, 0.15) is 5.82 Å². The van der Waals surface area contributed by atoms with Gasteiger partial charge in [0, 0.05) is 18.8 Å². The smallest absolute Gasteiger partial charge is 0.312 e. The molecule has 0 bridgehead atoms. The van der Waals surface area contributed by atoms with E-state index in [1.54, 1.807) is 0 Å². The predicted octanol–water partition coefficient (Wildman–Crippen LogP) is -0.194. The number of nitrogens with two attached hydrogens (primary N) is 2. The Balaban J connectivity index is 2.52. The second kappa shape index (κ2) is 5.69. The summed E-state index contributed by atoms with van der Waals surface area (Å²) in [5.74, 6) is -1.25. The fourth-order valence-electron chi connectivity index (χ4n) is 1.17. The molecule has 0 radical (unpaired) electrons. The van der Waals surface area contributed by atoms with Crippen LogP contribution in [-0.4, -0.2) is 25.0 Å². The summed E-state index contributed by atoms with van der Waals surface area (Å²) in [5.41, 5.74) is 10.4. The van der Waals surface area contributed by atoms with Gasteiger partial charge in [-0.15, -0.1) is 0 Å². The number of benzene rings is 1. The molecule has 0 heterocycles. The van der Waals surface area contributed by atoms with Crippen molar-refractivity contribution in [2.75, 3.05) is 18.8 Å². The highest BCUT2D eigenvalue weighted by Gasteiger charge is 2.11. The van der Waals surface area contributed by atoms with E-state index in [2.05, 4.69) is 10.6 Å². The summed E-state index contributed by atoms with van der Waals surface area (Å²) in [6, 6.07) is 3.04. The van der Waals surface area contributed by atoms with Gasteiger partial charge in [-0.2, -0.15) is 0 Å². The first-order chi connectivity index (χ1) is 8.00. The Morgan fingerprint density at radius 2 is 1.88 bits per heavy atom. The van der Waals surface area contributed by atoms with Crippen LogP contribution in [0.15, 0.2) is 18.2 Å². The summed E-state index contributed by atoms with van der Waals surface area (Å²) < 4.78 is 13.3. The zero-order valence-electron chi connectivity index (χ0n) is 9.00. The molecule has 0 aromatic heterocycles. The molecule has 17 heavy (non-hydrogen) atoms. The lowest BCUT2D eigenvalue weighted by Gasteiger charge is -2.07. The van der Waals surface area contributed by atoms with E-state index in [0.29, 0.717) is 5.69 Å². The van der Waals surface area contributed by atoms with E-state index in [1.807, 2.05) is 0 Å². The number of urea groups is 1. The van der Waals surface area contributed by atoms with Crippen LogP contribution in [0.1, 0.15) is 10.4 Å². The van der Waals surface area contributed by atoms with Gasteiger partial charge in [0.15, 0.2) is 0 Å². The Bertz CT molecular complexity index is 436. The van der Waals surface area contributed by atoms with E-state index in [-0.39, 0.29) is 18.7 Å². The molecule has 0 fully saturated rings. The van der Waals surface area contributed by atoms with E-state index < -0.39 is 17.8 Å². The van der Waals surface area contributed by atoms with Crippen molar-refractivity contribution in [3.63, 3.8) is 0 Å². The van der Waals surface area contributed by atoms with Crippen molar-refractivity contribution >= 4 is 17.6 Å². The number of halogens is 1. The zero-order valence-corrected chi connectivity index (χ0v) is 9.00. The molecule has 0 spiro atoms. The first-order valence-electron chi connectivity index (χ1n) is 4.87. The molecule has 0 aliphatic carbocycles. The van der Waals surface area contributed by atoms with Gasteiger partial charge in [-0.3, -0.25) is 4.79 Å². The Kier molecular flexibility index (Phi) is 4.27. The van der Waals surface area contributed by atoms with Crippen molar-refractivity contribution in [3.05, 3.63) is 29.6 Å². The average Bonchev–Trinajstić information content (AvgIpc) is 2.27. The van der Waals surface area contributed by atoms with E-state index in [0.717, 1.165) is 6.07 Å². The lowest BCUT2D eigenvalue weighted by atomic mass is 10.2. The maximum Gasteiger partial charge on any atom is 0.312 e. The van der Waals surface area contributed by atoms with Gasteiger partial charge in [0.25, 0.3) is 5.91 Å². The third kappa shape index (κ3) is 3.98. The zero-order chi connectivity index (χ0) is 12.8. The topological polar surface area (TPSA) is 110 Å². The molecule has 0 aliphatic heterocycles. The number of carbonyl (C=O) groups is 2. The molecule has 0 unspecified atom stereocenters. The van der Waals surface area contributed by atoms with E-state index in [9.17, 15) is 14.0 Å². The number of anilines is 1. The van der Waals surface area contributed by atoms with Crippen molar-refractivity contribution in [1.82, 2.24) is 10.6 Å². The SMILES string of the molecule is NC(=O)NCCNC(=O)c1cc(N)ccc1F. The van der Waals surface area contributed by atoms with Crippen molar-refractivity contribution in [2.45, 2.75) is 0 Å². The molecule has 92 valence electrons. The molecular formula is C10H13FN4O2. The Morgan fingerprint density at radius 1 is 1.24 bits per heavy atom. The van der Waals surface area contributed by atoms with E-state index in [1.165, 1.54) is 12.1 Å². The molecule has 0 aliphatic rings. The third-order valence-electron chi connectivity index (χ3n) is 1.94. The molecule has 7 heteroatoms. The Morgan fingerprint density at radius 3 is 2.53 bits per heavy atom. The number of hydrogen-bond acceptors (Lipinski definition) is 3. The van der Waals surface area contributed by atoms with Crippen molar-refractivity contribution in [1.29, 1.82) is 0 Å². The van der Waals surface area contributed by atoms with Gasteiger partial charge in [0.05, 0.1) is 5.56 Å². The van der Waals surface area contributed by atoms with Crippen LogP contribution in [0, 0.1) is 5.82 Å². The highest BCUT2D eigenvalue weighted by molar-refractivity contribution is 5.95. The quantitative estimate of drug-likeness (QED) is 0.432. The summed E-state index contributed by atoms with van der Waals surface area (Å²) in [5, 5.41) is 4.70. The molecule has 1 aromatic carbocycles. The van der Waals surface area contributed by atoms with Crippen LogP contribution in [0.5, 0.6) is 0 Å². The largest absolute Gasteiger partial charge is 0.399 e. The average molecular weight is 240 g/mol. The van der Waals surface area contributed by atoms with Crippen LogP contribution >= 0.6 is 0 Å². The van der Waals surface area contributed by atoms with Crippen molar-refractivity contribution in [2.24, 2.45) is 5.73 Å². The molecule has 0 saturated heterocycles. The second-order valence-corrected chi connectivity index (χ2v) is 3.29. The molecule has 6 N–H and O–H groups in total. The van der Waals surface area contributed by atoms with Crippen LogP contribution in [0.25, 0.3) is 0 Å². The molecule has 0 saturated carbocycles. The molecule has 1 aromatic rings. The second-order valence-electron chi connectivity index (χ2n) is 3.29. The van der Waals surface area contributed by atoms with Crippen LogP contribution in [0.2, 0.25) is 0 Å². The molecule has 1 rings (SSSR count). The first-order valence-corrected chi connectivity index (χ1v) is 4.87. The normalized spacial score (nSPS) is 9.71. The van der Waals surface area contributed by atoms with E-state index >= 15 is 0 Å². The van der Waals surface area contributed by atoms with Crippen LogP contribution < -0.4 is 22.1 Å². The lowest BCUT2D eigenvalue weighted by molar-refractivity contribution is 0.0950. The summed E-state index contributed by atoms with van der Waals surface area (Å²) >= 11 is 0. The minimum Gasteiger partial charge on any atom is -0.399 e. The fourth-order valence-corrected chi connectivity index (χ4v) is 1.17. The summed E-state index contributed by atoms with van der Waals surface area (Å²) in [6.07, 6.45) is 0. The highest BCUT2D eigenvalue weighted by atomic mass is 19.1. The molecule has 6 nitrogen and oxygen atoms in total. The van der Waals surface area contributed by atoms with Crippen LogP contribution in [-0.2, 0) is 0 Å². The molecule has 3 amide bonds. The van der Waals surface area contributed by atoms with Crippen LogP contribution in [0.4, 0.5) is 14.9 Å². The monoisotopic (exact) mass is 240 g/mol. The third-order valence-corrected chi connectivity index (χ3v) is 1.94. The van der Waals surface area contributed by atoms with Gasteiger partial charge in [-0.05, 0) is 18.2 Å². The van der Waals surface area contributed by atoms with Crippen molar-refractivity contribution in [3.8, 4) is 0 Å². The number of primary amides is 1. The maximum absolute atomic E-state index is 13.3. The number of nitrogen functional groups attached to an aromatic ring is 1.